The molecule has 0 aromatic heterocycles. The Morgan fingerprint density at radius 3 is 2.11 bits per heavy atom. The number of nitrogens with zero attached hydrogens (tertiary/aromatic N) is 2. The molecule has 8 nitrogen and oxygen atoms in total. The number of imide groups is 1. The molecule has 0 spiro atoms. The number of ether oxygens (including phenoxy) is 1. The third kappa shape index (κ3) is 6.11. The van der Waals surface area contributed by atoms with Gasteiger partial charge in [-0.25, -0.2) is 0 Å². The minimum absolute atomic E-state index is 0.00156. The maximum Gasteiger partial charge on any atom is 0.261 e. The molecule has 2 aromatic rings. The first-order chi connectivity index (χ1) is 17.3. The Balaban J connectivity index is 1.71. The van der Waals surface area contributed by atoms with Crippen LogP contribution in [-0.2, 0) is 16.1 Å². The predicted octanol–water partition coefficient (Wildman–Crippen LogP) is 3.79. The van der Waals surface area contributed by atoms with Gasteiger partial charge in [-0.2, -0.15) is 0 Å². The Labute approximate surface area is 212 Å². The molecule has 1 aliphatic rings. The first kappa shape index (κ1) is 26.9. The maximum absolute atomic E-state index is 13.4. The van der Waals surface area contributed by atoms with Gasteiger partial charge in [0.1, 0.15) is 11.8 Å². The number of amides is 4. The molecule has 2 atom stereocenters. The Morgan fingerprint density at radius 2 is 1.58 bits per heavy atom. The van der Waals surface area contributed by atoms with Crippen molar-refractivity contribution in [1.29, 1.82) is 0 Å². The summed E-state index contributed by atoms with van der Waals surface area (Å²) in [5.74, 6) is -0.350. The molecule has 36 heavy (non-hydrogen) atoms. The number of rotatable bonds is 12. The summed E-state index contributed by atoms with van der Waals surface area (Å²) in [5, 5.41) is 2.99. The highest BCUT2D eigenvalue weighted by Gasteiger charge is 2.35. The fraction of sp³-hybridized carbons (Fsp3) is 0.429. The van der Waals surface area contributed by atoms with Gasteiger partial charge in [-0.15, -0.1) is 0 Å². The molecule has 1 N–H and O–H groups in total. The zero-order chi connectivity index (χ0) is 26.2. The van der Waals surface area contributed by atoms with E-state index >= 15 is 0 Å². The van der Waals surface area contributed by atoms with Crippen LogP contribution in [-0.4, -0.2) is 59.2 Å². The number of hydrogen-bond acceptors (Lipinski definition) is 5. The fourth-order valence-electron chi connectivity index (χ4n) is 4.26. The Bertz CT molecular complexity index is 1060. The molecule has 0 unspecified atom stereocenters. The minimum atomic E-state index is -0.632. The average Bonchev–Trinajstić information content (AvgIpc) is 3.13. The molecule has 1 heterocycles. The lowest BCUT2D eigenvalue weighted by Gasteiger charge is -2.31. The van der Waals surface area contributed by atoms with Gasteiger partial charge in [-0.05, 0) is 56.0 Å². The minimum Gasteiger partial charge on any atom is -0.497 e. The zero-order valence-electron chi connectivity index (χ0n) is 21.5. The van der Waals surface area contributed by atoms with E-state index in [-0.39, 0.29) is 49.2 Å². The van der Waals surface area contributed by atoms with Gasteiger partial charge in [0.25, 0.3) is 11.8 Å². The topological polar surface area (TPSA) is 96.0 Å². The van der Waals surface area contributed by atoms with Crippen molar-refractivity contribution in [2.75, 3.05) is 13.7 Å². The second kappa shape index (κ2) is 12.3. The van der Waals surface area contributed by atoms with Crippen molar-refractivity contribution in [3.05, 3.63) is 65.2 Å². The lowest BCUT2D eigenvalue weighted by Crippen LogP contribution is -2.50. The molecule has 192 valence electrons. The van der Waals surface area contributed by atoms with Gasteiger partial charge in [0.2, 0.25) is 11.8 Å². The smallest absolute Gasteiger partial charge is 0.261 e. The molecule has 0 aliphatic carbocycles. The number of carbonyl (C=O) groups excluding carboxylic acids is 4. The zero-order valence-corrected chi connectivity index (χ0v) is 21.5. The molecule has 8 heteroatoms. The summed E-state index contributed by atoms with van der Waals surface area (Å²) in [5.41, 5.74) is 1.66. The van der Waals surface area contributed by atoms with Crippen LogP contribution in [0.2, 0.25) is 0 Å². The summed E-state index contributed by atoms with van der Waals surface area (Å²) in [4.78, 5) is 54.5. The molecule has 0 bridgehead atoms. The van der Waals surface area contributed by atoms with E-state index in [9.17, 15) is 19.2 Å². The highest BCUT2D eigenvalue weighted by Crippen LogP contribution is 2.23. The largest absolute Gasteiger partial charge is 0.497 e. The van der Waals surface area contributed by atoms with Gasteiger partial charge in [0.05, 0.1) is 18.2 Å². The van der Waals surface area contributed by atoms with Crippen molar-refractivity contribution in [3.8, 4) is 5.75 Å². The molecular formula is C28H35N3O5. The van der Waals surface area contributed by atoms with E-state index in [2.05, 4.69) is 5.32 Å². The van der Waals surface area contributed by atoms with Gasteiger partial charge in [0.15, 0.2) is 0 Å². The average molecular weight is 494 g/mol. The van der Waals surface area contributed by atoms with E-state index in [0.717, 1.165) is 12.0 Å². The van der Waals surface area contributed by atoms with Gasteiger partial charge >= 0.3 is 0 Å². The van der Waals surface area contributed by atoms with Crippen LogP contribution in [0, 0.1) is 0 Å². The van der Waals surface area contributed by atoms with E-state index in [0.29, 0.717) is 29.7 Å². The van der Waals surface area contributed by atoms with E-state index in [1.807, 2.05) is 45.0 Å². The van der Waals surface area contributed by atoms with Crippen LogP contribution in [0.5, 0.6) is 5.75 Å². The summed E-state index contributed by atoms with van der Waals surface area (Å²) in [6.07, 6.45) is 1.67. The van der Waals surface area contributed by atoms with Crippen molar-refractivity contribution >= 4 is 23.6 Å². The summed E-state index contributed by atoms with van der Waals surface area (Å²) >= 11 is 0. The van der Waals surface area contributed by atoms with Crippen LogP contribution in [0.4, 0.5) is 0 Å². The second-order valence-electron chi connectivity index (χ2n) is 9.02. The molecular weight excluding hydrogens is 458 g/mol. The lowest BCUT2D eigenvalue weighted by atomic mass is 10.1. The quantitative estimate of drug-likeness (QED) is 0.454. The van der Waals surface area contributed by atoms with Gasteiger partial charge in [0, 0.05) is 25.6 Å². The second-order valence-corrected chi connectivity index (χ2v) is 9.02. The summed E-state index contributed by atoms with van der Waals surface area (Å²) in [6.45, 7) is 6.22. The standard InChI is InChI=1S/C28H35N3O5/c1-5-19(3)29-26(33)24(6-2)31(18-20-13-15-21(36-4)16-14-20)25(32)12-9-17-30-27(34)22-10-7-8-11-23(22)28(30)35/h7-8,10-11,13-16,19,24H,5-6,9,12,17-18H2,1-4H3,(H,29,33)/t19-,24+/m1/s1. The van der Waals surface area contributed by atoms with Gasteiger partial charge in [-0.3, -0.25) is 24.1 Å². The third-order valence-electron chi connectivity index (χ3n) is 6.55. The van der Waals surface area contributed by atoms with E-state index in [1.54, 1.807) is 36.3 Å². The number of carbonyl (C=O) groups is 4. The number of nitrogens with one attached hydrogen (secondary N) is 1. The first-order valence-corrected chi connectivity index (χ1v) is 12.5. The van der Waals surface area contributed by atoms with Crippen LogP contribution < -0.4 is 10.1 Å². The third-order valence-corrected chi connectivity index (χ3v) is 6.55. The van der Waals surface area contributed by atoms with Crippen molar-refractivity contribution in [3.63, 3.8) is 0 Å². The lowest BCUT2D eigenvalue weighted by molar-refractivity contribution is -0.141. The molecule has 0 fully saturated rings. The van der Waals surface area contributed by atoms with Crippen LogP contribution in [0.15, 0.2) is 48.5 Å². The van der Waals surface area contributed by atoms with Crippen LogP contribution in [0.25, 0.3) is 0 Å². The van der Waals surface area contributed by atoms with Gasteiger partial charge < -0.3 is 15.0 Å². The Morgan fingerprint density at radius 1 is 0.972 bits per heavy atom. The monoisotopic (exact) mass is 493 g/mol. The van der Waals surface area contributed by atoms with Crippen molar-refractivity contribution in [2.45, 2.75) is 65.1 Å². The predicted molar refractivity (Wildman–Crippen MR) is 137 cm³/mol. The number of fused-ring (bicyclic) bond motifs is 1. The van der Waals surface area contributed by atoms with Crippen LogP contribution in [0.1, 0.15) is 72.7 Å². The summed E-state index contributed by atoms with van der Waals surface area (Å²) in [7, 11) is 1.59. The van der Waals surface area contributed by atoms with E-state index in [4.69, 9.17) is 4.74 Å². The summed E-state index contributed by atoms with van der Waals surface area (Å²) in [6, 6.07) is 13.5. The molecule has 0 saturated carbocycles. The van der Waals surface area contributed by atoms with Crippen LogP contribution >= 0.6 is 0 Å². The molecule has 4 amide bonds. The summed E-state index contributed by atoms with van der Waals surface area (Å²) < 4.78 is 5.22. The molecule has 1 aliphatic heterocycles. The van der Waals surface area contributed by atoms with E-state index < -0.39 is 6.04 Å². The highest BCUT2D eigenvalue weighted by atomic mass is 16.5. The molecule has 2 aromatic carbocycles. The highest BCUT2D eigenvalue weighted by molar-refractivity contribution is 6.21. The van der Waals surface area contributed by atoms with Crippen LogP contribution in [0.3, 0.4) is 0 Å². The van der Waals surface area contributed by atoms with Crippen molar-refractivity contribution in [1.82, 2.24) is 15.1 Å². The SMILES string of the molecule is CC[C@@H](C)NC(=O)[C@H](CC)N(Cc1ccc(OC)cc1)C(=O)CCCN1C(=O)c2ccccc2C1=O. The number of benzene rings is 2. The molecule has 0 radical (unpaired) electrons. The fourth-order valence-corrected chi connectivity index (χ4v) is 4.26. The molecule has 0 saturated heterocycles. The maximum atomic E-state index is 13.4. The first-order valence-electron chi connectivity index (χ1n) is 12.5. The Hall–Kier alpha value is -3.68. The Kier molecular flexibility index (Phi) is 9.22. The number of hydrogen-bond donors (Lipinski definition) is 1. The van der Waals surface area contributed by atoms with E-state index in [1.165, 1.54) is 4.90 Å². The normalized spacial score (nSPS) is 14.3. The van der Waals surface area contributed by atoms with Crippen molar-refractivity contribution < 1.29 is 23.9 Å². The van der Waals surface area contributed by atoms with Gasteiger partial charge in [-0.1, -0.05) is 38.1 Å². The molecule has 3 rings (SSSR count). The van der Waals surface area contributed by atoms with Crippen molar-refractivity contribution in [2.24, 2.45) is 0 Å². The number of methoxy groups -OCH3 is 1.